The number of carbonyl (C=O) groups excluding carboxylic acids is 1. The van der Waals surface area contributed by atoms with E-state index < -0.39 is 0 Å². The SMILES string of the molecule is CSc1ccccc1C(=O)N1CC(C)OC(CCl)C1. The van der Waals surface area contributed by atoms with Gasteiger partial charge in [0, 0.05) is 18.0 Å². The van der Waals surface area contributed by atoms with Gasteiger partial charge >= 0.3 is 0 Å². The minimum atomic E-state index is -0.0733. The number of amides is 1. The van der Waals surface area contributed by atoms with Crippen molar-refractivity contribution in [1.29, 1.82) is 0 Å². The minimum absolute atomic E-state index is 0.0305. The molecule has 0 saturated carbocycles. The van der Waals surface area contributed by atoms with Crippen molar-refractivity contribution in [1.82, 2.24) is 4.90 Å². The van der Waals surface area contributed by atoms with Gasteiger partial charge in [0.15, 0.2) is 0 Å². The molecular weight excluding hydrogens is 282 g/mol. The number of thioether (sulfide) groups is 1. The van der Waals surface area contributed by atoms with Crippen LogP contribution in [0.2, 0.25) is 0 Å². The maximum absolute atomic E-state index is 12.6. The first kappa shape index (κ1) is 14.7. The van der Waals surface area contributed by atoms with E-state index in [1.807, 2.05) is 42.3 Å². The molecule has 19 heavy (non-hydrogen) atoms. The van der Waals surface area contributed by atoms with E-state index in [4.69, 9.17) is 16.3 Å². The average Bonchev–Trinajstić information content (AvgIpc) is 2.45. The Kier molecular flexibility index (Phi) is 5.13. The number of benzene rings is 1. The summed E-state index contributed by atoms with van der Waals surface area (Å²) in [4.78, 5) is 15.5. The highest BCUT2D eigenvalue weighted by Gasteiger charge is 2.29. The standard InChI is InChI=1S/C14H18ClNO2S/c1-10-8-16(9-11(7-15)18-10)14(17)12-5-3-4-6-13(12)19-2/h3-6,10-11H,7-9H2,1-2H3. The van der Waals surface area contributed by atoms with Gasteiger partial charge in [-0.25, -0.2) is 0 Å². The number of ether oxygens (including phenoxy) is 1. The molecule has 5 heteroatoms. The monoisotopic (exact) mass is 299 g/mol. The molecule has 2 unspecified atom stereocenters. The third kappa shape index (κ3) is 3.44. The van der Waals surface area contributed by atoms with Crippen molar-refractivity contribution >= 4 is 29.3 Å². The Labute approximate surface area is 123 Å². The van der Waals surface area contributed by atoms with Crippen LogP contribution in [-0.4, -0.2) is 48.2 Å². The number of nitrogens with zero attached hydrogens (tertiary/aromatic N) is 1. The normalized spacial score (nSPS) is 23.4. The molecule has 1 aliphatic rings. The number of rotatable bonds is 3. The van der Waals surface area contributed by atoms with Crippen LogP contribution in [0.15, 0.2) is 29.2 Å². The van der Waals surface area contributed by atoms with Gasteiger partial charge in [0.05, 0.1) is 23.7 Å². The van der Waals surface area contributed by atoms with Gasteiger partial charge in [-0.1, -0.05) is 12.1 Å². The van der Waals surface area contributed by atoms with Crippen LogP contribution in [0.1, 0.15) is 17.3 Å². The lowest BCUT2D eigenvalue weighted by Crippen LogP contribution is -2.49. The highest BCUT2D eigenvalue weighted by atomic mass is 35.5. The molecule has 1 saturated heterocycles. The second-order valence-corrected chi connectivity index (χ2v) is 5.79. The molecular formula is C14H18ClNO2S. The van der Waals surface area contributed by atoms with Gasteiger partial charge in [0.25, 0.3) is 5.91 Å². The Morgan fingerprint density at radius 2 is 2.21 bits per heavy atom. The Balaban J connectivity index is 2.18. The molecule has 1 amide bonds. The number of morpholine rings is 1. The van der Waals surface area contributed by atoms with Crippen LogP contribution < -0.4 is 0 Å². The third-order valence-electron chi connectivity index (χ3n) is 3.12. The largest absolute Gasteiger partial charge is 0.370 e. The van der Waals surface area contributed by atoms with E-state index >= 15 is 0 Å². The average molecular weight is 300 g/mol. The summed E-state index contributed by atoms with van der Waals surface area (Å²) in [6.07, 6.45) is 1.94. The van der Waals surface area contributed by atoms with Gasteiger partial charge in [-0.05, 0) is 25.3 Å². The van der Waals surface area contributed by atoms with E-state index in [1.54, 1.807) is 11.8 Å². The molecule has 0 aliphatic carbocycles. The first-order valence-corrected chi connectivity index (χ1v) is 8.05. The zero-order valence-corrected chi connectivity index (χ0v) is 12.7. The highest BCUT2D eigenvalue weighted by molar-refractivity contribution is 7.98. The zero-order valence-electron chi connectivity index (χ0n) is 11.1. The van der Waals surface area contributed by atoms with Crippen LogP contribution in [0.5, 0.6) is 0 Å². The molecule has 0 N–H and O–H groups in total. The van der Waals surface area contributed by atoms with E-state index in [-0.39, 0.29) is 18.1 Å². The lowest BCUT2D eigenvalue weighted by molar-refractivity contribution is -0.0571. The van der Waals surface area contributed by atoms with Crippen molar-refractivity contribution in [3.8, 4) is 0 Å². The molecule has 3 nitrogen and oxygen atoms in total. The summed E-state index contributed by atoms with van der Waals surface area (Å²) in [5, 5.41) is 0. The summed E-state index contributed by atoms with van der Waals surface area (Å²) >= 11 is 7.44. The third-order valence-corrected chi connectivity index (χ3v) is 4.26. The fraction of sp³-hybridized carbons (Fsp3) is 0.500. The van der Waals surface area contributed by atoms with Crippen LogP contribution in [0.25, 0.3) is 0 Å². The predicted molar refractivity (Wildman–Crippen MR) is 79.2 cm³/mol. The van der Waals surface area contributed by atoms with Crippen LogP contribution in [0.3, 0.4) is 0 Å². The smallest absolute Gasteiger partial charge is 0.255 e. The van der Waals surface area contributed by atoms with Crippen molar-refractivity contribution in [3.63, 3.8) is 0 Å². The molecule has 0 aromatic heterocycles. The summed E-state index contributed by atoms with van der Waals surface area (Å²) < 4.78 is 5.68. The number of alkyl halides is 1. The fourth-order valence-electron chi connectivity index (χ4n) is 2.29. The van der Waals surface area contributed by atoms with Gasteiger partial charge in [0.2, 0.25) is 0 Å². The summed E-state index contributed by atoms with van der Waals surface area (Å²) in [5.74, 6) is 0.480. The molecule has 2 atom stereocenters. The number of halogens is 1. The maximum atomic E-state index is 12.6. The van der Waals surface area contributed by atoms with Crippen LogP contribution in [-0.2, 0) is 4.74 Å². The van der Waals surface area contributed by atoms with Gasteiger partial charge in [-0.15, -0.1) is 23.4 Å². The molecule has 1 fully saturated rings. The van der Waals surface area contributed by atoms with Crippen molar-refractivity contribution in [2.75, 3.05) is 25.2 Å². The fourth-order valence-corrected chi connectivity index (χ4v) is 3.05. The molecule has 1 aromatic rings. The van der Waals surface area contributed by atoms with E-state index in [0.29, 0.717) is 19.0 Å². The minimum Gasteiger partial charge on any atom is -0.370 e. The van der Waals surface area contributed by atoms with E-state index in [2.05, 4.69) is 0 Å². The Morgan fingerprint density at radius 1 is 1.47 bits per heavy atom. The van der Waals surface area contributed by atoms with Gasteiger partial charge in [-0.2, -0.15) is 0 Å². The molecule has 0 bridgehead atoms. The molecule has 1 heterocycles. The lowest BCUT2D eigenvalue weighted by Gasteiger charge is -2.36. The molecule has 1 aliphatic heterocycles. The summed E-state index contributed by atoms with van der Waals surface area (Å²) in [7, 11) is 0. The maximum Gasteiger partial charge on any atom is 0.255 e. The highest BCUT2D eigenvalue weighted by Crippen LogP contribution is 2.23. The summed E-state index contributed by atoms with van der Waals surface area (Å²) in [5.41, 5.74) is 0.762. The van der Waals surface area contributed by atoms with Crippen LogP contribution >= 0.6 is 23.4 Å². The molecule has 0 spiro atoms. The lowest BCUT2D eigenvalue weighted by atomic mass is 10.1. The van der Waals surface area contributed by atoms with Crippen LogP contribution in [0, 0.1) is 0 Å². The first-order chi connectivity index (χ1) is 9.15. The summed E-state index contributed by atoms with van der Waals surface area (Å²) in [6.45, 7) is 3.16. The molecule has 1 aromatic carbocycles. The van der Waals surface area contributed by atoms with E-state index in [0.717, 1.165) is 10.5 Å². The van der Waals surface area contributed by atoms with Crippen molar-refractivity contribution in [2.24, 2.45) is 0 Å². The topological polar surface area (TPSA) is 29.5 Å². The Hall–Kier alpha value is -0.710. The van der Waals surface area contributed by atoms with Gasteiger partial charge in [-0.3, -0.25) is 4.79 Å². The first-order valence-electron chi connectivity index (χ1n) is 6.29. The van der Waals surface area contributed by atoms with Crippen molar-refractivity contribution < 1.29 is 9.53 Å². The predicted octanol–water partition coefficient (Wildman–Crippen LogP) is 2.88. The summed E-state index contributed by atoms with van der Waals surface area (Å²) in [6, 6.07) is 7.70. The molecule has 104 valence electrons. The molecule has 0 radical (unpaired) electrons. The number of hydrogen-bond acceptors (Lipinski definition) is 3. The quantitative estimate of drug-likeness (QED) is 0.635. The van der Waals surface area contributed by atoms with E-state index in [1.165, 1.54) is 0 Å². The molecule has 2 rings (SSSR count). The Morgan fingerprint density at radius 3 is 2.89 bits per heavy atom. The van der Waals surface area contributed by atoms with E-state index in [9.17, 15) is 4.79 Å². The van der Waals surface area contributed by atoms with Crippen LogP contribution in [0.4, 0.5) is 0 Å². The second kappa shape index (κ2) is 6.64. The van der Waals surface area contributed by atoms with Gasteiger partial charge in [0.1, 0.15) is 0 Å². The Bertz CT molecular complexity index is 455. The number of carbonyl (C=O) groups is 1. The zero-order chi connectivity index (χ0) is 13.8. The van der Waals surface area contributed by atoms with Crippen molar-refractivity contribution in [2.45, 2.75) is 24.0 Å². The number of hydrogen-bond donors (Lipinski definition) is 0. The van der Waals surface area contributed by atoms with Crippen molar-refractivity contribution in [3.05, 3.63) is 29.8 Å². The second-order valence-electron chi connectivity index (χ2n) is 4.63. The van der Waals surface area contributed by atoms with Gasteiger partial charge < -0.3 is 9.64 Å².